The van der Waals surface area contributed by atoms with Crippen LogP contribution in [0.5, 0.6) is 0 Å². The number of aliphatic hydroxyl groups excluding tert-OH is 1. The number of nitrogens with zero attached hydrogens (tertiary/aromatic N) is 1. The minimum Gasteiger partial charge on any atom is -0.466 e. The van der Waals surface area contributed by atoms with E-state index in [1.165, 1.54) is 7.11 Å². The third kappa shape index (κ3) is 3.10. The molecule has 6 heteroatoms. The molecule has 1 aliphatic heterocycles. The molecule has 0 unspecified atom stereocenters. The number of hydrogen-bond donors (Lipinski definition) is 1. The molecule has 2 amide bonds. The highest BCUT2D eigenvalue weighted by molar-refractivity contribution is 6.21. The van der Waals surface area contributed by atoms with Crippen LogP contribution in [-0.4, -0.2) is 47.0 Å². The summed E-state index contributed by atoms with van der Waals surface area (Å²) in [7, 11) is 1.23. The number of carbonyl (C=O) groups excluding carboxylic acids is 3. The molecule has 1 aromatic carbocycles. The van der Waals surface area contributed by atoms with E-state index in [0.29, 0.717) is 11.1 Å². The van der Waals surface area contributed by atoms with Crippen molar-refractivity contribution in [1.82, 2.24) is 4.90 Å². The first-order chi connectivity index (χ1) is 11.3. The fourth-order valence-corrected chi connectivity index (χ4v) is 2.99. The summed E-state index contributed by atoms with van der Waals surface area (Å²) in [6.45, 7) is 7.20. The monoisotopic (exact) mass is 331 g/mol. The molecule has 0 bridgehead atoms. The van der Waals surface area contributed by atoms with Crippen LogP contribution in [0, 0.1) is 5.92 Å². The molecule has 0 radical (unpaired) electrons. The molecule has 24 heavy (non-hydrogen) atoms. The second kappa shape index (κ2) is 6.97. The van der Waals surface area contributed by atoms with Gasteiger partial charge in [0.25, 0.3) is 11.8 Å². The predicted molar refractivity (Wildman–Crippen MR) is 87.3 cm³/mol. The topological polar surface area (TPSA) is 83.9 Å². The summed E-state index contributed by atoms with van der Waals surface area (Å²) in [6.07, 6.45) is -1.19. The van der Waals surface area contributed by atoms with E-state index in [0.717, 1.165) is 4.90 Å². The maximum Gasteiger partial charge on any atom is 0.333 e. The predicted octanol–water partition coefficient (Wildman–Crippen LogP) is 1.79. The molecule has 0 aromatic heterocycles. The maximum absolute atomic E-state index is 12.6. The van der Waals surface area contributed by atoms with Crippen LogP contribution in [0.25, 0.3) is 0 Å². The van der Waals surface area contributed by atoms with Crippen molar-refractivity contribution in [2.24, 2.45) is 5.92 Å². The first-order valence-corrected chi connectivity index (χ1v) is 7.70. The lowest BCUT2D eigenvalue weighted by molar-refractivity contribution is -0.136. The summed E-state index contributed by atoms with van der Waals surface area (Å²) in [6, 6.07) is 5.79. The molecule has 2 rings (SSSR count). The van der Waals surface area contributed by atoms with Crippen molar-refractivity contribution in [3.8, 4) is 0 Å². The molecule has 1 heterocycles. The van der Waals surface area contributed by atoms with Gasteiger partial charge in [-0.05, 0) is 18.1 Å². The van der Waals surface area contributed by atoms with Crippen LogP contribution in [0.15, 0.2) is 36.4 Å². The Morgan fingerprint density at radius 1 is 1.21 bits per heavy atom. The van der Waals surface area contributed by atoms with Gasteiger partial charge in [-0.2, -0.15) is 0 Å². The van der Waals surface area contributed by atoms with E-state index >= 15 is 0 Å². The summed E-state index contributed by atoms with van der Waals surface area (Å²) in [5, 5.41) is 10.6. The second-order valence-electron chi connectivity index (χ2n) is 6.13. The molecule has 0 saturated carbocycles. The number of rotatable bonds is 6. The summed E-state index contributed by atoms with van der Waals surface area (Å²) < 4.78 is 4.57. The van der Waals surface area contributed by atoms with Crippen LogP contribution in [0.2, 0.25) is 0 Å². The summed E-state index contributed by atoms with van der Waals surface area (Å²) >= 11 is 0. The van der Waals surface area contributed by atoms with Gasteiger partial charge in [0.05, 0.1) is 30.4 Å². The van der Waals surface area contributed by atoms with E-state index in [-0.39, 0.29) is 17.9 Å². The summed E-state index contributed by atoms with van der Waals surface area (Å²) in [5.74, 6) is -1.69. The van der Waals surface area contributed by atoms with Crippen LogP contribution < -0.4 is 0 Å². The molecule has 0 fully saturated rings. The molecular formula is C18H21NO5. The normalized spacial score (nSPS) is 16.1. The quantitative estimate of drug-likeness (QED) is 0.488. The minimum atomic E-state index is -1.11. The molecular weight excluding hydrogens is 310 g/mol. The third-order valence-corrected chi connectivity index (χ3v) is 4.13. The van der Waals surface area contributed by atoms with Crippen molar-refractivity contribution in [2.45, 2.75) is 32.4 Å². The second-order valence-corrected chi connectivity index (χ2v) is 6.13. The standard InChI is InChI=1S/C18H21NO5/c1-10(2)15(14(20)9-11(3)18(23)24-4)19-16(21)12-7-5-6-8-13(12)17(19)22/h5-8,10,14-15,20H,3,9H2,1-2,4H3/t14-,15-/m0/s1. The Kier molecular flexibility index (Phi) is 5.19. The number of amides is 2. The van der Waals surface area contributed by atoms with E-state index in [9.17, 15) is 19.5 Å². The molecule has 0 spiro atoms. The van der Waals surface area contributed by atoms with Gasteiger partial charge >= 0.3 is 5.97 Å². The van der Waals surface area contributed by atoms with Gasteiger partial charge in [0.2, 0.25) is 0 Å². The zero-order valence-electron chi connectivity index (χ0n) is 14.0. The maximum atomic E-state index is 12.6. The number of hydrogen-bond acceptors (Lipinski definition) is 5. The Morgan fingerprint density at radius 2 is 1.71 bits per heavy atom. The van der Waals surface area contributed by atoms with Crippen LogP contribution in [-0.2, 0) is 9.53 Å². The van der Waals surface area contributed by atoms with Crippen molar-refractivity contribution in [2.75, 3.05) is 7.11 Å². The Morgan fingerprint density at radius 3 is 2.12 bits per heavy atom. The number of imide groups is 1. The highest BCUT2D eigenvalue weighted by Crippen LogP contribution is 2.29. The van der Waals surface area contributed by atoms with E-state index in [4.69, 9.17) is 0 Å². The fraction of sp³-hybridized carbons (Fsp3) is 0.389. The van der Waals surface area contributed by atoms with Gasteiger partial charge in [0, 0.05) is 12.0 Å². The first kappa shape index (κ1) is 17.9. The zero-order valence-corrected chi connectivity index (χ0v) is 14.0. The van der Waals surface area contributed by atoms with Crippen molar-refractivity contribution >= 4 is 17.8 Å². The van der Waals surface area contributed by atoms with E-state index in [1.54, 1.807) is 38.1 Å². The van der Waals surface area contributed by atoms with Crippen LogP contribution in [0.3, 0.4) is 0 Å². The van der Waals surface area contributed by atoms with E-state index in [1.807, 2.05) is 0 Å². The summed E-state index contributed by atoms with van der Waals surface area (Å²) in [5.41, 5.74) is 0.742. The Balaban J connectivity index is 2.29. The lowest BCUT2D eigenvalue weighted by atomic mass is 9.92. The van der Waals surface area contributed by atoms with Crippen LogP contribution in [0.1, 0.15) is 41.0 Å². The van der Waals surface area contributed by atoms with Crippen molar-refractivity contribution in [3.05, 3.63) is 47.5 Å². The van der Waals surface area contributed by atoms with Crippen molar-refractivity contribution < 1.29 is 24.2 Å². The van der Waals surface area contributed by atoms with Gasteiger partial charge in [-0.1, -0.05) is 32.6 Å². The average molecular weight is 331 g/mol. The minimum absolute atomic E-state index is 0.0804. The van der Waals surface area contributed by atoms with Crippen molar-refractivity contribution in [1.29, 1.82) is 0 Å². The lowest BCUT2D eigenvalue weighted by Gasteiger charge is -2.33. The average Bonchev–Trinajstić information content (AvgIpc) is 2.79. The molecule has 0 saturated heterocycles. The number of ether oxygens (including phenoxy) is 1. The van der Waals surface area contributed by atoms with E-state index in [2.05, 4.69) is 11.3 Å². The Labute approximate surface area is 140 Å². The number of methoxy groups -OCH3 is 1. The largest absolute Gasteiger partial charge is 0.466 e. The van der Waals surface area contributed by atoms with Crippen LogP contribution in [0.4, 0.5) is 0 Å². The van der Waals surface area contributed by atoms with Crippen LogP contribution >= 0.6 is 0 Å². The molecule has 128 valence electrons. The SMILES string of the molecule is C=C(C[C@H](O)[C@H](C(C)C)N1C(=O)c2ccccc2C1=O)C(=O)OC. The Bertz CT molecular complexity index is 659. The summed E-state index contributed by atoms with van der Waals surface area (Å²) in [4.78, 5) is 37.8. The zero-order chi connectivity index (χ0) is 18.0. The van der Waals surface area contributed by atoms with Gasteiger partial charge < -0.3 is 9.84 Å². The molecule has 1 aliphatic rings. The highest BCUT2D eigenvalue weighted by atomic mass is 16.5. The molecule has 2 atom stereocenters. The Hall–Kier alpha value is -2.47. The van der Waals surface area contributed by atoms with Crippen molar-refractivity contribution in [3.63, 3.8) is 0 Å². The number of aliphatic hydroxyl groups is 1. The van der Waals surface area contributed by atoms with Gasteiger partial charge in [-0.15, -0.1) is 0 Å². The third-order valence-electron chi connectivity index (χ3n) is 4.13. The van der Waals surface area contributed by atoms with Gasteiger partial charge in [0.15, 0.2) is 0 Å². The molecule has 1 aromatic rings. The first-order valence-electron chi connectivity index (χ1n) is 7.70. The molecule has 0 aliphatic carbocycles. The number of esters is 1. The fourth-order valence-electron chi connectivity index (χ4n) is 2.99. The number of benzene rings is 1. The van der Waals surface area contributed by atoms with E-state index < -0.39 is 29.9 Å². The smallest absolute Gasteiger partial charge is 0.333 e. The lowest BCUT2D eigenvalue weighted by Crippen LogP contribution is -2.50. The molecule has 6 nitrogen and oxygen atoms in total. The van der Waals surface area contributed by atoms with Gasteiger partial charge in [-0.25, -0.2) is 4.79 Å². The van der Waals surface area contributed by atoms with Gasteiger partial charge in [0.1, 0.15) is 0 Å². The highest BCUT2D eigenvalue weighted by Gasteiger charge is 2.43. The number of fused-ring (bicyclic) bond motifs is 1. The number of carbonyl (C=O) groups is 3. The van der Waals surface area contributed by atoms with Gasteiger partial charge in [-0.3, -0.25) is 14.5 Å². The molecule has 1 N–H and O–H groups in total.